The maximum Gasteiger partial charge on any atom is 0.313 e. The number of nitrogen functional groups attached to an aromatic ring is 1. The zero-order valence-electron chi connectivity index (χ0n) is 16.6. The van der Waals surface area contributed by atoms with Crippen molar-refractivity contribution in [2.24, 2.45) is 5.92 Å². The second-order valence-corrected chi connectivity index (χ2v) is 7.46. The van der Waals surface area contributed by atoms with Gasteiger partial charge in [0.05, 0.1) is 17.9 Å². The number of aromatic nitrogens is 2. The summed E-state index contributed by atoms with van der Waals surface area (Å²) in [6.45, 7) is 6.53. The monoisotopic (exact) mass is 381 g/mol. The van der Waals surface area contributed by atoms with E-state index in [-0.39, 0.29) is 6.04 Å². The Hall–Kier alpha value is -2.96. The summed E-state index contributed by atoms with van der Waals surface area (Å²) in [7, 11) is 0. The molecule has 2 aromatic heterocycles. The number of hydrogen-bond acceptors (Lipinski definition) is 5. The average Bonchev–Trinajstić information content (AvgIpc) is 2.69. The fraction of sp³-hybridized carbons (Fsp3) is 0.429. The van der Waals surface area contributed by atoms with E-state index >= 15 is 0 Å². The number of nitrogens with zero attached hydrogens (tertiary/aromatic N) is 3. The van der Waals surface area contributed by atoms with Gasteiger partial charge in [-0.25, -0.2) is 4.98 Å². The summed E-state index contributed by atoms with van der Waals surface area (Å²) in [5.74, 6) is -0.417. The molecule has 7 nitrogen and oxygen atoms in total. The van der Waals surface area contributed by atoms with Gasteiger partial charge in [0.15, 0.2) is 0 Å². The van der Waals surface area contributed by atoms with Gasteiger partial charge in [-0.2, -0.15) is 0 Å². The second kappa shape index (κ2) is 8.37. The third kappa shape index (κ3) is 4.30. The van der Waals surface area contributed by atoms with Crippen molar-refractivity contribution in [1.82, 2.24) is 14.9 Å². The lowest BCUT2D eigenvalue weighted by molar-refractivity contribution is -0.146. The summed E-state index contributed by atoms with van der Waals surface area (Å²) in [5, 5.41) is 2.67. The topological polar surface area (TPSA) is 101 Å². The number of carbonyl (C=O) groups is 2. The minimum absolute atomic E-state index is 0.140. The van der Waals surface area contributed by atoms with Crippen LogP contribution >= 0.6 is 0 Å². The Bertz CT molecular complexity index is 866. The lowest BCUT2D eigenvalue weighted by Gasteiger charge is -2.38. The third-order valence-corrected chi connectivity index (χ3v) is 5.23. The van der Waals surface area contributed by atoms with E-state index in [0.717, 1.165) is 29.7 Å². The highest BCUT2D eigenvalue weighted by molar-refractivity contribution is 6.39. The molecule has 28 heavy (non-hydrogen) atoms. The van der Waals surface area contributed by atoms with Crippen LogP contribution in [0.25, 0.3) is 0 Å². The van der Waals surface area contributed by atoms with Gasteiger partial charge in [0.1, 0.15) is 5.82 Å². The first-order chi connectivity index (χ1) is 13.4. The van der Waals surface area contributed by atoms with Gasteiger partial charge < -0.3 is 16.0 Å². The number of carbonyl (C=O) groups excluding carboxylic acids is 2. The molecule has 3 rings (SSSR count). The molecule has 0 radical (unpaired) electrons. The van der Waals surface area contributed by atoms with E-state index in [0.29, 0.717) is 30.4 Å². The molecule has 1 saturated heterocycles. The smallest absolute Gasteiger partial charge is 0.313 e. The molecule has 2 unspecified atom stereocenters. The molecule has 1 aliphatic rings. The molecule has 1 fully saturated rings. The van der Waals surface area contributed by atoms with E-state index < -0.39 is 11.8 Å². The number of nitrogens with one attached hydrogen (secondary N) is 1. The van der Waals surface area contributed by atoms with Gasteiger partial charge >= 0.3 is 11.8 Å². The average molecular weight is 381 g/mol. The normalized spacial score (nSPS) is 19.3. The van der Waals surface area contributed by atoms with E-state index in [2.05, 4.69) is 22.2 Å². The summed E-state index contributed by atoms with van der Waals surface area (Å²) in [4.78, 5) is 35.7. The molecule has 148 valence electrons. The minimum Gasteiger partial charge on any atom is -0.383 e. The maximum absolute atomic E-state index is 13.0. The van der Waals surface area contributed by atoms with Crippen molar-refractivity contribution in [1.29, 1.82) is 0 Å². The number of amides is 2. The highest BCUT2D eigenvalue weighted by atomic mass is 16.2. The Balaban J connectivity index is 1.79. The summed E-state index contributed by atoms with van der Waals surface area (Å²) >= 11 is 0. The van der Waals surface area contributed by atoms with Crippen LogP contribution in [0, 0.1) is 12.8 Å². The van der Waals surface area contributed by atoms with E-state index in [1.54, 1.807) is 17.2 Å². The van der Waals surface area contributed by atoms with Gasteiger partial charge in [-0.1, -0.05) is 19.9 Å². The molecule has 2 atom stereocenters. The first-order valence-corrected chi connectivity index (χ1v) is 9.68. The van der Waals surface area contributed by atoms with Crippen molar-refractivity contribution in [2.45, 2.75) is 46.1 Å². The van der Waals surface area contributed by atoms with Gasteiger partial charge in [-0.15, -0.1) is 0 Å². The number of anilines is 2. The molecular weight excluding hydrogens is 354 g/mol. The van der Waals surface area contributed by atoms with Gasteiger partial charge in [0.2, 0.25) is 0 Å². The molecule has 3 heterocycles. The highest BCUT2D eigenvalue weighted by Crippen LogP contribution is 2.33. The van der Waals surface area contributed by atoms with E-state index in [9.17, 15) is 9.59 Å². The summed E-state index contributed by atoms with van der Waals surface area (Å²) in [6, 6.07) is 5.53. The van der Waals surface area contributed by atoms with Crippen molar-refractivity contribution in [3.8, 4) is 0 Å². The van der Waals surface area contributed by atoms with Crippen LogP contribution in [0.2, 0.25) is 0 Å². The summed E-state index contributed by atoms with van der Waals surface area (Å²) in [6.07, 6.45) is 5.79. The Morgan fingerprint density at radius 2 is 2.04 bits per heavy atom. The van der Waals surface area contributed by atoms with Gasteiger partial charge in [0.25, 0.3) is 0 Å². The molecule has 3 N–H and O–H groups in total. The number of nitrogens with two attached hydrogens (primary N) is 1. The molecule has 2 amide bonds. The maximum atomic E-state index is 13.0. The number of likely N-dealkylation sites (tertiary alicyclic amines) is 1. The summed E-state index contributed by atoms with van der Waals surface area (Å²) in [5.41, 5.74) is 9.00. The fourth-order valence-corrected chi connectivity index (χ4v) is 3.59. The quantitative estimate of drug-likeness (QED) is 0.796. The molecule has 0 bridgehead atoms. The Kier molecular flexibility index (Phi) is 5.92. The van der Waals surface area contributed by atoms with Gasteiger partial charge in [-0.3, -0.25) is 14.6 Å². The van der Waals surface area contributed by atoms with Crippen LogP contribution in [0.5, 0.6) is 0 Å². The third-order valence-electron chi connectivity index (χ3n) is 5.23. The van der Waals surface area contributed by atoms with Crippen LogP contribution in [-0.2, 0) is 16.0 Å². The molecule has 0 aliphatic carbocycles. The second-order valence-electron chi connectivity index (χ2n) is 7.46. The SMILES string of the molecule is CCc1cc(NC(=O)C(=O)N2CC(C)CCC2c2ccc(C)nc2)cnc1N. The van der Waals surface area contributed by atoms with Crippen LogP contribution in [0.3, 0.4) is 0 Å². The van der Waals surface area contributed by atoms with Crippen LogP contribution in [0.4, 0.5) is 11.5 Å². The Labute approximate surface area is 165 Å². The standard InChI is InChI=1S/C21H27N5O2/c1-4-15-9-17(11-24-19(15)22)25-20(27)21(28)26-12-13(2)5-8-18(26)16-7-6-14(3)23-10-16/h6-7,9-11,13,18H,4-5,8,12H2,1-3H3,(H2,22,24)(H,25,27). The van der Waals surface area contributed by atoms with Crippen LogP contribution in [0.15, 0.2) is 30.6 Å². The zero-order chi connectivity index (χ0) is 20.3. The summed E-state index contributed by atoms with van der Waals surface area (Å²) < 4.78 is 0. The van der Waals surface area contributed by atoms with Crippen LogP contribution < -0.4 is 11.1 Å². The molecule has 2 aromatic rings. The van der Waals surface area contributed by atoms with E-state index in [4.69, 9.17) is 5.73 Å². The number of rotatable bonds is 3. The number of aryl methyl sites for hydroxylation is 2. The Morgan fingerprint density at radius 1 is 1.25 bits per heavy atom. The molecule has 0 aromatic carbocycles. The van der Waals surface area contributed by atoms with Gasteiger partial charge in [-0.05, 0) is 55.4 Å². The van der Waals surface area contributed by atoms with Crippen LogP contribution in [0.1, 0.15) is 49.6 Å². The molecule has 0 saturated carbocycles. The largest absolute Gasteiger partial charge is 0.383 e. The predicted octanol–water partition coefficient (Wildman–Crippen LogP) is 2.87. The van der Waals surface area contributed by atoms with E-state index in [1.165, 1.54) is 6.20 Å². The van der Waals surface area contributed by atoms with Crippen LogP contribution in [-0.4, -0.2) is 33.2 Å². The highest BCUT2D eigenvalue weighted by Gasteiger charge is 2.34. The van der Waals surface area contributed by atoms with Crippen molar-refractivity contribution < 1.29 is 9.59 Å². The van der Waals surface area contributed by atoms with Gasteiger partial charge in [0, 0.05) is 18.4 Å². The zero-order valence-corrected chi connectivity index (χ0v) is 16.6. The van der Waals surface area contributed by atoms with Crippen molar-refractivity contribution in [3.63, 3.8) is 0 Å². The fourth-order valence-electron chi connectivity index (χ4n) is 3.59. The minimum atomic E-state index is -0.659. The molecular formula is C21H27N5O2. The molecule has 0 spiro atoms. The first kappa shape index (κ1) is 19.8. The lowest BCUT2D eigenvalue weighted by atomic mass is 9.90. The predicted molar refractivity (Wildman–Crippen MR) is 108 cm³/mol. The molecule has 7 heteroatoms. The van der Waals surface area contributed by atoms with Crippen molar-refractivity contribution >= 4 is 23.3 Å². The Morgan fingerprint density at radius 3 is 2.71 bits per heavy atom. The van der Waals surface area contributed by atoms with E-state index in [1.807, 2.05) is 26.0 Å². The molecule has 1 aliphatic heterocycles. The lowest BCUT2D eigenvalue weighted by Crippen LogP contribution is -2.46. The first-order valence-electron chi connectivity index (χ1n) is 9.68. The number of piperidine rings is 1. The van der Waals surface area contributed by atoms with Crippen molar-refractivity contribution in [2.75, 3.05) is 17.6 Å². The number of pyridine rings is 2. The number of hydrogen-bond donors (Lipinski definition) is 2. The van der Waals surface area contributed by atoms with Crippen molar-refractivity contribution in [3.05, 3.63) is 47.4 Å².